The van der Waals surface area contributed by atoms with E-state index in [1.807, 2.05) is 0 Å². The van der Waals surface area contributed by atoms with Crippen molar-refractivity contribution in [3.05, 3.63) is 23.8 Å². The van der Waals surface area contributed by atoms with Crippen LogP contribution in [0.5, 0.6) is 5.75 Å². The number of anilines is 1. The zero-order chi connectivity index (χ0) is 12.7. The Hall–Kier alpha value is -1.55. The van der Waals surface area contributed by atoms with Crippen molar-refractivity contribution in [2.75, 3.05) is 11.9 Å². The van der Waals surface area contributed by atoms with Crippen LogP contribution in [0, 0.1) is 6.92 Å². The molecule has 1 amide bonds. The van der Waals surface area contributed by atoms with E-state index in [0.29, 0.717) is 13.0 Å². The molecule has 94 valence electrons. The SMILES string of the molecule is Cc1cc(NC(=O)CCCCCN)ccc1O. The van der Waals surface area contributed by atoms with Gasteiger partial charge in [-0.3, -0.25) is 4.79 Å². The van der Waals surface area contributed by atoms with E-state index in [2.05, 4.69) is 5.32 Å². The Balaban J connectivity index is 2.37. The van der Waals surface area contributed by atoms with E-state index in [4.69, 9.17) is 5.73 Å². The number of hydrogen-bond acceptors (Lipinski definition) is 3. The normalized spacial score (nSPS) is 10.2. The molecule has 0 heterocycles. The van der Waals surface area contributed by atoms with Crippen LogP contribution in [0.2, 0.25) is 0 Å². The van der Waals surface area contributed by atoms with Crippen LogP contribution >= 0.6 is 0 Å². The van der Waals surface area contributed by atoms with Crippen molar-refractivity contribution in [1.82, 2.24) is 0 Å². The Morgan fingerprint density at radius 1 is 1.35 bits per heavy atom. The van der Waals surface area contributed by atoms with Crippen molar-refractivity contribution in [1.29, 1.82) is 0 Å². The van der Waals surface area contributed by atoms with Crippen LogP contribution in [0.3, 0.4) is 0 Å². The third-order valence-electron chi connectivity index (χ3n) is 2.59. The molecule has 0 radical (unpaired) electrons. The molecule has 0 fully saturated rings. The first-order valence-corrected chi connectivity index (χ1v) is 5.93. The standard InChI is InChI=1S/C13H20N2O2/c1-10-9-11(6-7-12(10)16)15-13(17)5-3-2-4-8-14/h6-7,9,16H,2-5,8,14H2,1H3,(H,15,17). The van der Waals surface area contributed by atoms with Crippen LogP contribution in [-0.2, 0) is 4.79 Å². The van der Waals surface area contributed by atoms with Crippen LogP contribution in [0.15, 0.2) is 18.2 Å². The summed E-state index contributed by atoms with van der Waals surface area (Å²) in [6.45, 7) is 2.48. The van der Waals surface area contributed by atoms with E-state index in [0.717, 1.165) is 30.5 Å². The van der Waals surface area contributed by atoms with E-state index < -0.39 is 0 Å². The van der Waals surface area contributed by atoms with Crippen LogP contribution in [0.1, 0.15) is 31.2 Å². The first-order valence-electron chi connectivity index (χ1n) is 5.93. The smallest absolute Gasteiger partial charge is 0.224 e. The minimum atomic E-state index is 0.00658. The lowest BCUT2D eigenvalue weighted by molar-refractivity contribution is -0.116. The molecule has 0 aliphatic heterocycles. The molecule has 4 nitrogen and oxygen atoms in total. The summed E-state index contributed by atoms with van der Waals surface area (Å²) in [5.41, 5.74) is 6.86. The minimum absolute atomic E-state index is 0.00658. The van der Waals surface area contributed by atoms with Crippen molar-refractivity contribution in [2.24, 2.45) is 5.73 Å². The highest BCUT2D eigenvalue weighted by atomic mass is 16.3. The highest BCUT2D eigenvalue weighted by Crippen LogP contribution is 2.20. The molecular formula is C13H20N2O2. The highest BCUT2D eigenvalue weighted by molar-refractivity contribution is 5.90. The molecule has 0 bridgehead atoms. The lowest BCUT2D eigenvalue weighted by atomic mass is 10.1. The summed E-state index contributed by atoms with van der Waals surface area (Å²) in [5, 5.41) is 12.2. The largest absolute Gasteiger partial charge is 0.508 e. The van der Waals surface area contributed by atoms with Crippen molar-refractivity contribution in [2.45, 2.75) is 32.6 Å². The fourth-order valence-electron chi connectivity index (χ4n) is 1.56. The fourth-order valence-corrected chi connectivity index (χ4v) is 1.56. The third-order valence-corrected chi connectivity index (χ3v) is 2.59. The maximum Gasteiger partial charge on any atom is 0.224 e. The number of aromatic hydroxyl groups is 1. The summed E-state index contributed by atoms with van der Waals surface area (Å²) in [5.74, 6) is 0.248. The van der Waals surface area contributed by atoms with Crippen LogP contribution in [-0.4, -0.2) is 17.6 Å². The number of phenolic OH excluding ortho intramolecular Hbond substituents is 1. The zero-order valence-electron chi connectivity index (χ0n) is 10.2. The monoisotopic (exact) mass is 236 g/mol. The van der Waals surface area contributed by atoms with Gasteiger partial charge >= 0.3 is 0 Å². The van der Waals surface area contributed by atoms with Gasteiger partial charge in [0, 0.05) is 12.1 Å². The maximum absolute atomic E-state index is 11.6. The Kier molecular flexibility index (Phi) is 5.49. The Labute approximate surface area is 102 Å². The van der Waals surface area contributed by atoms with Gasteiger partial charge in [0.25, 0.3) is 0 Å². The highest BCUT2D eigenvalue weighted by Gasteiger charge is 2.03. The summed E-state index contributed by atoms with van der Waals surface area (Å²) in [6, 6.07) is 5.03. The van der Waals surface area contributed by atoms with Crippen LogP contribution in [0.4, 0.5) is 5.69 Å². The first kappa shape index (κ1) is 13.5. The van der Waals surface area contributed by atoms with E-state index in [-0.39, 0.29) is 11.7 Å². The number of hydrogen-bond donors (Lipinski definition) is 3. The van der Waals surface area contributed by atoms with E-state index in [9.17, 15) is 9.90 Å². The Morgan fingerprint density at radius 2 is 2.12 bits per heavy atom. The molecular weight excluding hydrogens is 216 g/mol. The fraction of sp³-hybridized carbons (Fsp3) is 0.462. The molecule has 4 N–H and O–H groups in total. The van der Waals surface area contributed by atoms with Crippen molar-refractivity contribution in [3.63, 3.8) is 0 Å². The summed E-state index contributed by atoms with van der Waals surface area (Å²) in [4.78, 5) is 11.6. The third kappa shape index (κ3) is 4.87. The Bertz CT molecular complexity index is 378. The number of rotatable bonds is 6. The van der Waals surface area contributed by atoms with Gasteiger partial charge < -0.3 is 16.2 Å². The maximum atomic E-state index is 11.6. The van der Waals surface area contributed by atoms with Gasteiger partial charge in [0.15, 0.2) is 0 Å². The van der Waals surface area contributed by atoms with Crippen molar-refractivity contribution >= 4 is 11.6 Å². The number of carbonyl (C=O) groups excluding carboxylic acids is 1. The van der Waals surface area contributed by atoms with Gasteiger partial charge in [0.05, 0.1) is 0 Å². The number of unbranched alkanes of at least 4 members (excludes halogenated alkanes) is 2. The summed E-state index contributed by atoms with van der Waals surface area (Å²) in [7, 11) is 0. The second-order valence-corrected chi connectivity index (χ2v) is 4.15. The quantitative estimate of drug-likeness (QED) is 0.523. The number of nitrogens with one attached hydrogen (secondary N) is 1. The Morgan fingerprint density at radius 3 is 2.76 bits per heavy atom. The second kappa shape index (κ2) is 6.91. The molecule has 0 aliphatic rings. The predicted molar refractivity (Wildman–Crippen MR) is 69.0 cm³/mol. The number of aryl methyl sites for hydroxylation is 1. The number of benzene rings is 1. The van der Waals surface area contributed by atoms with Gasteiger partial charge in [-0.1, -0.05) is 6.42 Å². The molecule has 4 heteroatoms. The molecule has 0 spiro atoms. The van der Waals surface area contributed by atoms with Gasteiger partial charge in [0.1, 0.15) is 5.75 Å². The number of amides is 1. The van der Waals surface area contributed by atoms with Crippen molar-refractivity contribution < 1.29 is 9.90 Å². The van der Waals surface area contributed by atoms with Gasteiger partial charge in [-0.15, -0.1) is 0 Å². The number of carbonyl (C=O) groups is 1. The first-order chi connectivity index (χ1) is 8.13. The summed E-state index contributed by atoms with van der Waals surface area (Å²) < 4.78 is 0. The van der Waals surface area contributed by atoms with Crippen LogP contribution < -0.4 is 11.1 Å². The molecule has 1 aromatic rings. The summed E-state index contributed by atoms with van der Waals surface area (Å²) >= 11 is 0. The molecule has 0 aliphatic carbocycles. The molecule has 0 saturated heterocycles. The molecule has 17 heavy (non-hydrogen) atoms. The van der Waals surface area contributed by atoms with Crippen molar-refractivity contribution in [3.8, 4) is 5.75 Å². The molecule has 0 aromatic heterocycles. The van der Waals surface area contributed by atoms with Crippen LogP contribution in [0.25, 0.3) is 0 Å². The average Bonchev–Trinajstić information content (AvgIpc) is 2.30. The predicted octanol–water partition coefficient (Wildman–Crippen LogP) is 2.16. The van der Waals surface area contributed by atoms with Gasteiger partial charge in [0.2, 0.25) is 5.91 Å². The van der Waals surface area contributed by atoms with Gasteiger partial charge in [-0.2, -0.15) is 0 Å². The molecule has 1 aromatic carbocycles. The van der Waals surface area contributed by atoms with Gasteiger partial charge in [-0.05, 0) is 50.1 Å². The molecule has 0 unspecified atom stereocenters. The molecule has 0 saturated carbocycles. The lowest BCUT2D eigenvalue weighted by Gasteiger charge is -2.06. The molecule has 0 atom stereocenters. The summed E-state index contributed by atoms with van der Waals surface area (Å²) in [6.07, 6.45) is 3.32. The topological polar surface area (TPSA) is 75.4 Å². The molecule has 1 rings (SSSR count). The number of nitrogens with two attached hydrogens (primary N) is 1. The lowest BCUT2D eigenvalue weighted by Crippen LogP contribution is -2.11. The van der Waals surface area contributed by atoms with E-state index >= 15 is 0 Å². The minimum Gasteiger partial charge on any atom is -0.508 e. The van der Waals surface area contributed by atoms with Gasteiger partial charge in [-0.25, -0.2) is 0 Å². The zero-order valence-corrected chi connectivity index (χ0v) is 10.2. The van der Waals surface area contributed by atoms with E-state index in [1.165, 1.54) is 0 Å². The average molecular weight is 236 g/mol. The number of phenols is 1. The van der Waals surface area contributed by atoms with E-state index in [1.54, 1.807) is 25.1 Å². The second-order valence-electron chi connectivity index (χ2n) is 4.15.